The molecule has 2 aromatic heterocycles. The fourth-order valence-electron chi connectivity index (χ4n) is 3.90. The fourth-order valence-corrected chi connectivity index (χ4v) is 5.00. The molecule has 0 bridgehead atoms. The highest BCUT2D eigenvalue weighted by Gasteiger charge is 2.23. The van der Waals surface area contributed by atoms with Gasteiger partial charge in [-0.25, -0.2) is 4.98 Å². The lowest BCUT2D eigenvalue weighted by atomic mass is 9.98. The van der Waals surface area contributed by atoms with Gasteiger partial charge in [-0.15, -0.1) is 11.3 Å². The molecular weight excluding hydrogens is 316 g/mol. The predicted molar refractivity (Wildman–Crippen MR) is 100 cm³/mol. The molecule has 3 nitrogen and oxygen atoms in total. The molecule has 0 amide bonds. The zero-order chi connectivity index (χ0) is 16.8. The molecule has 122 valence electrons. The van der Waals surface area contributed by atoms with Gasteiger partial charge in [-0.3, -0.25) is 4.79 Å². The van der Waals surface area contributed by atoms with E-state index in [-0.39, 0.29) is 0 Å². The second-order valence-electron chi connectivity index (χ2n) is 6.50. The van der Waals surface area contributed by atoms with E-state index in [2.05, 4.69) is 43.0 Å². The Kier molecular flexibility index (Phi) is 3.65. The van der Waals surface area contributed by atoms with Crippen molar-refractivity contribution in [1.82, 2.24) is 4.98 Å². The molecule has 0 spiro atoms. The first kappa shape index (κ1) is 15.3. The molecule has 0 unspecified atom stereocenters. The molecule has 0 saturated heterocycles. The lowest BCUT2D eigenvalue weighted by Gasteiger charge is -2.33. The van der Waals surface area contributed by atoms with Crippen LogP contribution in [-0.2, 0) is 13.0 Å². The van der Waals surface area contributed by atoms with E-state index in [1.165, 1.54) is 33.7 Å². The number of hydrogen-bond acceptors (Lipinski definition) is 4. The van der Waals surface area contributed by atoms with Gasteiger partial charge in [0.2, 0.25) is 0 Å². The molecular formula is C20H20N2OS. The van der Waals surface area contributed by atoms with Crippen molar-refractivity contribution in [3.05, 3.63) is 57.1 Å². The van der Waals surface area contributed by atoms with E-state index in [1.54, 1.807) is 0 Å². The van der Waals surface area contributed by atoms with Gasteiger partial charge < -0.3 is 4.90 Å². The van der Waals surface area contributed by atoms with Crippen LogP contribution in [0.15, 0.2) is 24.3 Å². The Morgan fingerprint density at radius 3 is 2.62 bits per heavy atom. The Hall–Kier alpha value is -2.20. The summed E-state index contributed by atoms with van der Waals surface area (Å²) >= 11 is 1.50. The molecule has 3 aromatic rings. The van der Waals surface area contributed by atoms with Gasteiger partial charge in [0.05, 0.1) is 16.3 Å². The summed E-state index contributed by atoms with van der Waals surface area (Å²) in [6.07, 6.45) is 2.02. The van der Waals surface area contributed by atoms with Crippen LogP contribution in [0.1, 0.15) is 37.6 Å². The van der Waals surface area contributed by atoms with Gasteiger partial charge in [0.25, 0.3) is 0 Å². The largest absolute Gasteiger partial charge is 0.365 e. The molecule has 1 aromatic carbocycles. The first-order valence-electron chi connectivity index (χ1n) is 8.27. The maximum absolute atomic E-state index is 11.3. The van der Waals surface area contributed by atoms with Gasteiger partial charge in [-0.2, -0.15) is 0 Å². The number of carbonyl (C=O) groups excluding carboxylic acids is 1. The van der Waals surface area contributed by atoms with Crippen LogP contribution in [0.5, 0.6) is 0 Å². The van der Waals surface area contributed by atoms with Crippen molar-refractivity contribution >= 4 is 33.5 Å². The number of rotatable bonds is 2. The van der Waals surface area contributed by atoms with Crippen molar-refractivity contribution < 1.29 is 4.79 Å². The number of benzene rings is 1. The monoisotopic (exact) mass is 336 g/mol. The summed E-state index contributed by atoms with van der Waals surface area (Å²) in [6.45, 7) is 8.21. The lowest BCUT2D eigenvalue weighted by molar-refractivity contribution is 0.112. The standard InChI is InChI=1S/C20H20N2OS/c1-12-17(11-23)24-20-18(12)13(2)19(14(3)21-20)22-9-8-15-6-4-5-7-16(15)10-22/h4-7,11H,8-10H2,1-3H3. The van der Waals surface area contributed by atoms with Crippen molar-refractivity contribution in [3.63, 3.8) is 0 Å². The average molecular weight is 336 g/mol. The Balaban J connectivity index is 1.85. The molecule has 0 fully saturated rings. The molecule has 0 saturated carbocycles. The number of aldehydes is 1. The highest BCUT2D eigenvalue weighted by atomic mass is 32.1. The maximum atomic E-state index is 11.3. The van der Waals surface area contributed by atoms with Crippen LogP contribution in [-0.4, -0.2) is 17.8 Å². The Morgan fingerprint density at radius 2 is 1.88 bits per heavy atom. The third-order valence-corrected chi connectivity index (χ3v) is 6.17. The van der Waals surface area contributed by atoms with Crippen LogP contribution in [0, 0.1) is 20.8 Å². The Morgan fingerprint density at radius 1 is 1.12 bits per heavy atom. The van der Waals surface area contributed by atoms with Crippen LogP contribution in [0.3, 0.4) is 0 Å². The van der Waals surface area contributed by atoms with Gasteiger partial charge in [0.15, 0.2) is 6.29 Å². The summed E-state index contributed by atoms with van der Waals surface area (Å²) < 4.78 is 0. The number of fused-ring (bicyclic) bond motifs is 2. The summed E-state index contributed by atoms with van der Waals surface area (Å²) in [5.41, 5.74) is 7.45. The number of aryl methyl sites for hydroxylation is 3. The van der Waals surface area contributed by atoms with Crippen LogP contribution in [0.4, 0.5) is 5.69 Å². The maximum Gasteiger partial charge on any atom is 0.160 e. The first-order chi connectivity index (χ1) is 11.6. The predicted octanol–water partition coefficient (Wildman–Crippen LogP) is 4.60. The fraction of sp³-hybridized carbons (Fsp3) is 0.300. The van der Waals surface area contributed by atoms with E-state index in [9.17, 15) is 4.79 Å². The van der Waals surface area contributed by atoms with Crippen molar-refractivity contribution in [1.29, 1.82) is 0 Å². The lowest BCUT2D eigenvalue weighted by Crippen LogP contribution is -2.31. The van der Waals surface area contributed by atoms with Gasteiger partial charge in [-0.05, 0) is 49.4 Å². The minimum absolute atomic E-state index is 0.793. The van der Waals surface area contributed by atoms with Crippen LogP contribution >= 0.6 is 11.3 Å². The van der Waals surface area contributed by atoms with Crippen LogP contribution in [0.25, 0.3) is 10.2 Å². The van der Waals surface area contributed by atoms with E-state index < -0.39 is 0 Å². The van der Waals surface area contributed by atoms with Crippen molar-refractivity contribution in [2.45, 2.75) is 33.7 Å². The molecule has 4 heteroatoms. The second-order valence-corrected chi connectivity index (χ2v) is 7.53. The molecule has 0 radical (unpaired) electrons. The van der Waals surface area contributed by atoms with Gasteiger partial charge in [0, 0.05) is 18.5 Å². The van der Waals surface area contributed by atoms with E-state index in [0.29, 0.717) is 0 Å². The zero-order valence-electron chi connectivity index (χ0n) is 14.2. The summed E-state index contributed by atoms with van der Waals surface area (Å²) in [4.78, 5) is 20.3. The molecule has 0 aliphatic carbocycles. The molecule has 0 N–H and O–H groups in total. The number of nitrogens with zero attached hydrogens (tertiary/aromatic N) is 2. The zero-order valence-corrected chi connectivity index (χ0v) is 15.0. The van der Waals surface area contributed by atoms with Crippen molar-refractivity contribution in [3.8, 4) is 0 Å². The smallest absolute Gasteiger partial charge is 0.160 e. The molecule has 1 aliphatic heterocycles. The normalized spacial score (nSPS) is 14.0. The molecule has 0 atom stereocenters. The van der Waals surface area contributed by atoms with Crippen LogP contribution < -0.4 is 4.90 Å². The van der Waals surface area contributed by atoms with E-state index >= 15 is 0 Å². The molecule has 4 rings (SSSR count). The number of carbonyl (C=O) groups is 1. The minimum Gasteiger partial charge on any atom is -0.365 e. The van der Waals surface area contributed by atoms with Gasteiger partial charge in [0.1, 0.15) is 4.83 Å². The topological polar surface area (TPSA) is 33.2 Å². The molecule has 1 aliphatic rings. The number of hydrogen-bond donors (Lipinski definition) is 0. The highest BCUT2D eigenvalue weighted by Crippen LogP contribution is 2.38. The Labute approximate surface area is 146 Å². The van der Waals surface area contributed by atoms with Crippen molar-refractivity contribution in [2.24, 2.45) is 0 Å². The summed E-state index contributed by atoms with van der Waals surface area (Å²) in [5, 5.41) is 1.15. The quantitative estimate of drug-likeness (QED) is 0.641. The van der Waals surface area contributed by atoms with Gasteiger partial charge in [-0.1, -0.05) is 24.3 Å². The van der Waals surface area contributed by atoms with Crippen LogP contribution in [0.2, 0.25) is 0 Å². The number of aromatic nitrogens is 1. The summed E-state index contributed by atoms with van der Waals surface area (Å²) in [6, 6.07) is 8.68. The van der Waals surface area contributed by atoms with E-state index in [4.69, 9.17) is 4.98 Å². The van der Waals surface area contributed by atoms with E-state index in [0.717, 1.165) is 52.1 Å². The third-order valence-electron chi connectivity index (χ3n) is 5.06. The molecule has 24 heavy (non-hydrogen) atoms. The second kappa shape index (κ2) is 5.71. The highest BCUT2D eigenvalue weighted by molar-refractivity contribution is 7.20. The molecule has 3 heterocycles. The minimum atomic E-state index is 0.793. The summed E-state index contributed by atoms with van der Waals surface area (Å²) in [7, 11) is 0. The number of pyridine rings is 1. The number of anilines is 1. The Bertz CT molecular complexity index is 958. The number of thiophene rings is 1. The first-order valence-corrected chi connectivity index (χ1v) is 9.09. The summed E-state index contributed by atoms with van der Waals surface area (Å²) in [5.74, 6) is 0. The van der Waals surface area contributed by atoms with Gasteiger partial charge >= 0.3 is 0 Å². The van der Waals surface area contributed by atoms with E-state index in [1.807, 2.05) is 6.92 Å². The van der Waals surface area contributed by atoms with Crippen molar-refractivity contribution in [2.75, 3.05) is 11.4 Å². The SMILES string of the molecule is Cc1nc2sc(C=O)c(C)c2c(C)c1N1CCc2ccccc2C1. The average Bonchev–Trinajstić information content (AvgIpc) is 2.90. The third kappa shape index (κ3) is 2.25.